The van der Waals surface area contributed by atoms with Crippen LogP contribution in [0, 0.1) is 0 Å². The van der Waals surface area contributed by atoms with Gasteiger partial charge < -0.3 is 65.1 Å². The first-order chi connectivity index (χ1) is 35.1. The average molecular weight is 1030 g/mol. The number of rotatable bonds is 48. The SMILES string of the molecule is CCCCCCCCCCCCCCCCCCCC/C=C/C(O)C(COC1OC(CO)C(OC2OC(CO)C(O)C(O)C2O)C(O)C1O)NC(=O)CCCCCCCCCCCCCCCCCCCC. The van der Waals surface area contributed by atoms with Crippen LogP contribution in [0.3, 0.4) is 0 Å². The number of aliphatic hydroxyl groups is 8. The summed E-state index contributed by atoms with van der Waals surface area (Å²) in [6.07, 6.45) is 33.9. The molecule has 14 nitrogen and oxygen atoms in total. The number of nitrogens with one attached hydrogen (secondary N) is 1. The summed E-state index contributed by atoms with van der Waals surface area (Å²) in [6, 6.07) is -0.909. The van der Waals surface area contributed by atoms with Gasteiger partial charge in [-0.2, -0.15) is 0 Å². The van der Waals surface area contributed by atoms with Crippen molar-refractivity contribution in [1.29, 1.82) is 0 Å². The highest BCUT2D eigenvalue weighted by molar-refractivity contribution is 5.76. The quantitative estimate of drug-likeness (QED) is 0.0205. The third-order valence-corrected chi connectivity index (χ3v) is 15.0. The van der Waals surface area contributed by atoms with Gasteiger partial charge >= 0.3 is 0 Å². The van der Waals surface area contributed by atoms with Crippen molar-refractivity contribution >= 4 is 5.91 Å². The molecule has 0 aromatic carbocycles. The van der Waals surface area contributed by atoms with Crippen molar-refractivity contribution in [3.8, 4) is 0 Å². The smallest absolute Gasteiger partial charge is 0.220 e. The number of carbonyl (C=O) groups is 1. The molecule has 2 heterocycles. The van der Waals surface area contributed by atoms with Crippen molar-refractivity contribution in [3.05, 3.63) is 12.2 Å². The van der Waals surface area contributed by atoms with Crippen LogP contribution in [0.1, 0.15) is 258 Å². The van der Waals surface area contributed by atoms with Gasteiger partial charge in [0.1, 0.15) is 48.8 Å². The fraction of sp³-hybridized carbons (Fsp3) is 0.948. The van der Waals surface area contributed by atoms with E-state index in [2.05, 4.69) is 19.2 Å². The van der Waals surface area contributed by atoms with E-state index in [0.717, 1.165) is 38.5 Å². The van der Waals surface area contributed by atoms with E-state index in [-0.39, 0.29) is 18.9 Å². The number of hydrogen-bond donors (Lipinski definition) is 9. The Morgan fingerprint density at radius 1 is 0.486 bits per heavy atom. The first-order valence-electron chi connectivity index (χ1n) is 29.9. The molecule has 2 aliphatic heterocycles. The van der Waals surface area contributed by atoms with Gasteiger partial charge in [-0.05, 0) is 19.3 Å². The van der Waals surface area contributed by atoms with Crippen LogP contribution >= 0.6 is 0 Å². The molecule has 2 rings (SSSR count). The molecule has 0 bridgehead atoms. The Bertz CT molecular complexity index is 1260. The molecule has 0 spiro atoms. The third kappa shape index (κ3) is 30.5. The summed E-state index contributed by atoms with van der Waals surface area (Å²) in [7, 11) is 0. The van der Waals surface area contributed by atoms with Gasteiger partial charge in [0, 0.05) is 6.42 Å². The van der Waals surface area contributed by atoms with Gasteiger partial charge in [0.25, 0.3) is 0 Å². The van der Waals surface area contributed by atoms with Crippen molar-refractivity contribution in [2.45, 2.75) is 331 Å². The Morgan fingerprint density at radius 2 is 0.861 bits per heavy atom. The molecule has 72 heavy (non-hydrogen) atoms. The number of aliphatic hydroxyl groups excluding tert-OH is 8. The number of amides is 1. The van der Waals surface area contributed by atoms with Crippen LogP contribution < -0.4 is 5.32 Å². The predicted octanol–water partition coefficient (Wildman–Crippen LogP) is 9.89. The molecule has 12 atom stereocenters. The number of unbranched alkanes of at least 4 members (excludes halogenated alkanes) is 35. The van der Waals surface area contributed by atoms with Gasteiger partial charge in [-0.3, -0.25) is 4.79 Å². The zero-order valence-electron chi connectivity index (χ0n) is 45.7. The lowest BCUT2D eigenvalue weighted by molar-refractivity contribution is -0.359. The first-order valence-corrected chi connectivity index (χ1v) is 29.9. The number of hydrogen-bond acceptors (Lipinski definition) is 13. The van der Waals surface area contributed by atoms with Crippen LogP contribution in [0.25, 0.3) is 0 Å². The summed E-state index contributed by atoms with van der Waals surface area (Å²) in [5.41, 5.74) is 0. The van der Waals surface area contributed by atoms with Crippen molar-refractivity contribution in [2.75, 3.05) is 19.8 Å². The lowest BCUT2D eigenvalue weighted by atomic mass is 9.97. The van der Waals surface area contributed by atoms with Gasteiger partial charge in [-0.25, -0.2) is 0 Å². The summed E-state index contributed by atoms with van der Waals surface area (Å²) >= 11 is 0. The maximum absolute atomic E-state index is 13.2. The lowest BCUT2D eigenvalue weighted by Crippen LogP contribution is -2.65. The third-order valence-electron chi connectivity index (χ3n) is 15.0. The Hall–Kier alpha value is -1.27. The molecule has 12 unspecified atom stereocenters. The molecule has 2 fully saturated rings. The molecule has 0 aromatic rings. The summed E-state index contributed by atoms with van der Waals surface area (Å²) in [5.74, 6) is -0.234. The van der Waals surface area contributed by atoms with Crippen molar-refractivity contribution < 1.29 is 64.6 Å². The molecule has 426 valence electrons. The molecule has 9 N–H and O–H groups in total. The molecule has 0 aromatic heterocycles. The van der Waals surface area contributed by atoms with E-state index in [1.165, 1.54) is 193 Å². The van der Waals surface area contributed by atoms with E-state index < -0.39 is 86.8 Å². The van der Waals surface area contributed by atoms with Crippen LogP contribution in [0.15, 0.2) is 12.2 Å². The fourth-order valence-electron chi connectivity index (χ4n) is 10.1. The lowest BCUT2D eigenvalue weighted by Gasteiger charge is -2.46. The highest BCUT2D eigenvalue weighted by Crippen LogP contribution is 2.30. The maximum atomic E-state index is 13.2. The molecule has 0 radical (unpaired) electrons. The van der Waals surface area contributed by atoms with Crippen LogP contribution in [-0.4, -0.2) is 140 Å². The Kier molecular flexibility index (Phi) is 41.6. The Balaban J connectivity index is 1.77. The van der Waals surface area contributed by atoms with E-state index in [1.54, 1.807) is 6.08 Å². The van der Waals surface area contributed by atoms with E-state index in [0.29, 0.717) is 6.42 Å². The monoisotopic (exact) mass is 1030 g/mol. The van der Waals surface area contributed by atoms with E-state index in [1.807, 2.05) is 6.08 Å². The number of ether oxygens (including phenoxy) is 4. The van der Waals surface area contributed by atoms with Crippen LogP contribution in [0.5, 0.6) is 0 Å². The predicted molar refractivity (Wildman–Crippen MR) is 286 cm³/mol. The van der Waals surface area contributed by atoms with Gasteiger partial charge in [0.05, 0.1) is 32.0 Å². The first kappa shape index (κ1) is 66.8. The van der Waals surface area contributed by atoms with Crippen LogP contribution in [0.4, 0.5) is 0 Å². The van der Waals surface area contributed by atoms with Gasteiger partial charge in [-0.1, -0.05) is 244 Å². The summed E-state index contributed by atoms with van der Waals surface area (Å²) in [6.45, 7) is 2.83. The summed E-state index contributed by atoms with van der Waals surface area (Å²) < 4.78 is 22.8. The van der Waals surface area contributed by atoms with Crippen LogP contribution in [-0.2, 0) is 23.7 Å². The average Bonchev–Trinajstić information content (AvgIpc) is 3.38. The minimum atomic E-state index is -1.79. The highest BCUT2D eigenvalue weighted by Gasteiger charge is 2.51. The minimum absolute atomic E-state index is 0.234. The Labute approximate surface area is 437 Å². The maximum Gasteiger partial charge on any atom is 0.220 e. The van der Waals surface area contributed by atoms with Gasteiger partial charge in [0.15, 0.2) is 12.6 Å². The van der Waals surface area contributed by atoms with E-state index in [9.17, 15) is 45.6 Å². The van der Waals surface area contributed by atoms with Crippen LogP contribution in [0.2, 0.25) is 0 Å². The molecule has 0 saturated carbocycles. The minimum Gasteiger partial charge on any atom is -0.394 e. The molecular formula is C58H111NO13. The van der Waals surface area contributed by atoms with Gasteiger partial charge in [-0.15, -0.1) is 0 Å². The normalized spacial score (nSPS) is 25.6. The second-order valence-corrected chi connectivity index (χ2v) is 21.5. The zero-order chi connectivity index (χ0) is 52.4. The number of allylic oxidation sites excluding steroid dienone is 1. The standard InChI is InChI=1S/C58H111NO13/c1-3-5-7-9-11-13-15-17-19-21-23-24-25-27-29-31-33-35-37-39-41-47(62)46(59-50(63)42-40-38-36-34-32-30-28-26-22-20-18-16-14-12-10-8-6-4-2)45-69-57-55(68)53(66)56(49(44-61)71-57)72-58-54(67)52(65)51(64)48(43-60)70-58/h39,41,46-49,51-58,60-62,64-68H,3-38,40,42-45H2,1-2H3,(H,59,63)/b41-39+. The molecule has 2 saturated heterocycles. The van der Waals surface area contributed by atoms with E-state index >= 15 is 0 Å². The van der Waals surface area contributed by atoms with Crippen molar-refractivity contribution in [1.82, 2.24) is 5.32 Å². The molecule has 14 heteroatoms. The summed E-state index contributed by atoms with van der Waals surface area (Å²) in [4.78, 5) is 13.2. The highest BCUT2D eigenvalue weighted by atomic mass is 16.7. The number of carbonyl (C=O) groups excluding carboxylic acids is 1. The molecule has 1 amide bonds. The Morgan fingerprint density at radius 3 is 1.28 bits per heavy atom. The second kappa shape index (κ2) is 44.8. The topological polar surface area (TPSA) is 228 Å². The van der Waals surface area contributed by atoms with E-state index in [4.69, 9.17) is 18.9 Å². The van der Waals surface area contributed by atoms with Crippen molar-refractivity contribution in [2.24, 2.45) is 0 Å². The zero-order valence-corrected chi connectivity index (χ0v) is 45.7. The molecule has 2 aliphatic rings. The second-order valence-electron chi connectivity index (χ2n) is 21.5. The van der Waals surface area contributed by atoms with Gasteiger partial charge in [0.2, 0.25) is 5.91 Å². The largest absolute Gasteiger partial charge is 0.394 e. The molecular weight excluding hydrogens is 919 g/mol. The molecule has 0 aliphatic carbocycles. The van der Waals surface area contributed by atoms with Crippen molar-refractivity contribution in [3.63, 3.8) is 0 Å². The summed E-state index contributed by atoms with van der Waals surface area (Å²) in [5, 5.41) is 87.1. The fourth-order valence-corrected chi connectivity index (χ4v) is 10.1.